The van der Waals surface area contributed by atoms with Crippen molar-refractivity contribution in [1.29, 1.82) is 0 Å². The Bertz CT molecular complexity index is 1810. The normalized spacial score (nSPS) is 10.7. The van der Waals surface area contributed by atoms with Gasteiger partial charge in [0.2, 0.25) is 0 Å². The summed E-state index contributed by atoms with van der Waals surface area (Å²) in [7, 11) is 1.60. The summed E-state index contributed by atoms with van der Waals surface area (Å²) in [6, 6.07) is 27.0. The molecule has 3 aromatic carbocycles. The molecule has 0 fully saturated rings. The number of benzene rings is 3. The zero-order valence-electron chi connectivity index (χ0n) is 20.4. The Morgan fingerprint density at radius 2 is 1.61 bits per heavy atom. The van der Waals surface area contributed by atoms with Crippen molar-refractivity contribution < 1.29 is 9.47 Å². The summed E-state index contributed by atoms with van der Waals surface area (Å²) in [5.74, 6) is 5.23. The third kappa shape index (κ3) is 4.43. The third-order valence-electron chi connectivity index (χ3n) is 6.11. The van der Waals surface area contributed by atoms with Gasteiger partial charge in [0.15, 0.2) is 11.6 Å². The number of ether oxygens (including phenoxy) is 2. The van der Waals surface area contributed by atoms with Crippen molar-refractivity contribution in [3.8, 4) is 40.8 Å². The fourth-order valence-corrected chi connectivity index (χ4v) is 4.18. The Balaban J connectivity index is 1.26. The van der Waals surface area contributed by atoms with Crippen LogP contribution >= 0.6 is 0 Å². The van der Waals surface area contributed by atoms with Crippen molar-refractivity contribution >= 4 is 33.3 Å². The Labute approximate surface area is 219 Å². The molecule has 0 saturated heterocycles. The minimum absolute atomic E-state index is 0.612. The molecule has 3 heterocycles. The van der Waals surface area contributed by atoms with Gasteiger partial charge in [0.1, 0.15) is 22.7 Å². The lowest BCUT2D eigenvalue weighted by Gasteiger charge is -2.12. The summed E-state index contributed by atoms with van der Waals surface area (Å²) < 4.78 is 11.4. The van der Waals surface area contributed by atoms with E-state index in [1.165, 1.54) is 0 Å². The standard InChI is InChI=1S/C31H21N5O2/c1-3-20-8-10-21(11-9-20)29-25-6-4-5-7-26(25)31(36-35-29)34-22-12-14-23(15-13-22)38-28-16-17-32-27-18-24(37-2)19-33-30(27)28/h1,4-19H,2H3,(H,34,36). The molecule has 0 atom stereocenters. The van der Waals surface area contributed by atoms with E-state index in [0.717, 1.165) is 33.3 Å². The molecule has 0 radical (unpaired) electrons. The van der Waals surface area contributed by atoms with Gasteiger partial charge in [0, 0.05) is 45.9 Å². The Hall–Kier alpha value is -5.48. The van der Waals surface area contributed by atoms with Crippen LogP contribution in [0.25, 0.3) is 33.1 Å². The molecule has 6 rings (SSSR count). The highest BCUT2D eigenvalue weighted by Crippen LogP contribution is 2.33. The van der Waals surface area contributed by atoms with Crippen molar-refractivity contribution in [2.24, 2.45) is 0 Å². The van der Waals surface area contributed by atoms with E-state index in [0.29, 0.717) is 34.1 Å². The first kappa shape index (κ1) is 23.0. The molecule has 7 nitrogen and oxygen atoms in total. The van der Waals surface area contributed by atoms with Gasteiger partial charge < -0.3 is 14.8 Å². The predicted octanol–water partition coefficient (Wildman–Crippen LogP) is 6.77. The van der Waals surface area contributed by atoms with Gasteiger partial charge in [-0.2, -0.15) is 0 Å². The van der Waals surface area contributed by atoms with Crippen LogP contribution in [0.5, 0.6) is 17.2 Å². The van der Waals surface area contributed by atoms with E-state index < -0.39 is 0 Å². The SMILES string of the molecule is C#Cc1ccc(-c2nnc(Nc3ccc(Oc4ccnc5cc(OC)cnc45)cc3)c3ccccc23)cc1. The molecule has 182 valence electrons. The Kier molecular flexibility index (Phi) is 5.97. The van der Waals surface area contributed by atoms with Crippen LogP contribution in [0, 0.1) is 12.3 Å². The van der Waals surface area contributed by atoms with Crippen molar-refractivity contribution in [3.05, 3.63) is 103 Å². The van der Waals surface area contributed by atoms with Crippen LogP contribution in [0.3, 0.4) is 0 Å². The molecular formula is C31H21N5O2. The van der Waals surface area contributed by atoms with Crippen molar-refractivity contribution in [2.45, 2.75) is 0 Å². The summed E-state index contributed by atoms with van der Waals surface area (Å²) in [4.78, 5) is 8.80. The van der Waals surface area contributed by atoms with E-state index in [2.05, 4.69) is 31.4 Å². The number of rotatable bonds is 6. The van der Waals surface area contributed by atoms with E-state index in [4.69, 9.17) is 15.9 Å². The quantitative estimate of drug-likeness (QED) is 0.256. The summed E-state index contributed by atoms with van der Waals surface area (Å²) in [5.41, 5.74) is 4.79. The maximum Gasteiger partial charge on any atom is 0.161 e. The molecule has 0 unspecified atom stereocenters. The first-order valence-electron chi connectivity index (χ1n) is 11.9. The number of anilines is 2. The highest BCUT2D eigenvalue weighted by Gasteiger charge is 2.12. The van der Waals surface area contributed by atoms with E-state index in [1.54, 1.807) is 25.6 Å². The van der Waals surface area contributed by atoms with Gasteiger partial charge >= 0.3 is 0 Å². The molecule has 6 aromatic rings. The van der Waals surface area contributed by atoms with Gasteiger partial charge in [-0.05, 0) is 36.4 Å². The number of nitrogens with one attached hydrogen (secondary N) is 1. The molecule has 0 aliphatic carbocycles. The van der Waals surface area contributed by atoms with Gasteiger partial charge in [-0.3, -0.25) is 4.98 Å². The topological polar surface area (TPSA) is 82.1 Å². The lowest BCUT2D eigenvalue weighted by molar-refractivity contribution is 0.413. The number of aromatic nitrogens is 4. The van der Waals surface area contributed by atoms with E-state index in [1.807, 2.05) is 78.9 Å². The second kappa shape index (κ2) is 9.88. The maximum atomic E-state index is 6.11. The predicted molar refractivity (Wildman–Crippen MR) is 149 cm³/mol. The molecule has 1 N–H and O–H groups in total. The fourth-order valence-electron chi connectivity index (χ4n) is 4.18. The van der Waals surface area contributed by atoms with Gasteiger partial charge in [-0.1, -0.05) is 42.3 Å². The first-order chi connectivity index (χ1) is 18.7. The monoisotopic (exact) mass is 495 g/mol. The number of fused-ring (bicyclic) bond motifs is 2. The second-order valence-electron chi connectivity index (χ2n) is 8.47. The number of hydrogen-bond acceptors (Lipinski definition) is 7. The van der Waals surface area contributed by atoms with Crippen LogP contribution in [0.1, 0.15) is 5.56 Å². The maximum absolute atomic E-state index is 6.11. The van der Waals surface area contributed by atoms with Crippen LogP contribution < -0.4 is 14.8 Å². The lowest BCUT2D eigenvalue weighted by Crippen LogP contribution is -1.99. The third-order valence-corrected chi connectivity index (χ3v) is 6.11. The van der Waals surface area contributed by atoms with Crippen molar-refractivity contribution in [3.63, 3.8) is 0 Å². The number of terminal acetylenes is 1. The zero-order valence-corrected chi connectivity index (χ0v) is 20.4. The average Bonchev–Trinajstić information content (AvgIpc) is 2.98. The van der Waals surface area contributed by atoms with Gasteiger partial charge in [0.05, 0.1) is 18.8 Å². The van der Waals surface area contributed by atoms with Crippen molar-refractivity contribution in [1.82, 2.24) is 20.2 Å². The van der Waals surface area contributed by atoms with Crippen LogP contribution in [-0.2, 0) is 0 Å². The summed E-state index contributed by atoms with van der Waals surface area (Å²) >= 11 is 0. The fraction of sp³-hybridized carbons (Fsp3) is 0.0323. The lowest BCUT2D eigenvalue weighted by atomic mass is 10.0. The molecule has 0 saturated carbocycles. The highest BCUT2D eigenvalue weighted by atomic mass is 16.5. The molecule has 0 aliphatic heterocycles. The van der Waals surface area contributed by atoms with E-state index >= 15 is 0 Å². The molecule has 0 aliphatic rings. The van der Waals surface area contributed by atoms with Gasteiger partial charge in [-0.25, -0.2) is 4.98 Å². The van der Waals surface area contributed by atoms with Crippen LogP contribution in [0.15, 0.2) is 97.3 Å². The van der Waals surface area contributed by atoms with Crippen molar-refractivity contribution in [2.75, 3.05) is 12.4 Å². The largest absolute Gasteiger partial charge is 0.495 e. The summed E-state index contributed by atoms with van der Waals surface area (Å²) in [5, 5.41) is 14.4. The molecule has 0 spiro atoms. The van der Waals surface area contributed by atoms with Gasteiger partial charge in [-0.15, -0.1) is 16.6 Å². The molecule has 0 bridgehead atoms. The minimum atomic E-state index is 0.612. The Morgan fingerprint density at radius 1 is 0.816 bits per heavy atom. The number of nitrogens with zero attached hydrogens (tertiary/aromatic N) is 4. The zero-order chi connectivity index (χ0) is 25.9. The number of pyridine rings is 2. The number of hydrogen-bond donors (Lipinski definition) is 1. The van der Waals surface area contributed by atoms with E-state index in [9.17, 15) is 0 Å². The smallest absolute Gasteiger partial charge is 0.161 e. The van der Waals surface area contributed by atoms with Crippen LogP contribution in [0.4, 0.5) is 11.5 Å². The van der Waals surface area contributed by atoms with E-state index in [-0.39, 0.29) is 0 Å². The first-order valence-corrected chi connectivity index (χ1v) is 11.9. The summed E-state index contributed by atoms with van der Waals surface area (Å²) in [6.07, 6.45) is 8.83. The average molecular weight is 496 g/mol. The number of methoxy groups -OCH3 is 1. The molecule has 0 amide bonds. The summed E-state index contributed by atoms with van der Waals surface area (Å²) in [6.45, 7) is 0. The van der Waals surface area contributed by atoms with Gasteiger partial charge in [0.25, 0.3) is 0 Å². The van der Waals surface area contributed by atoms with Crippen LogP contribution in [-0.4, -0.2) is 27.3 Å². The Morgan fingerprint density at radius 3 is 2.37 bits per heavy atom. The minimum Gasteiger partial charge on any atom is -0.495 e. The molecule has 7 heteroatoms. The highest BCUT2D eigenvalue weighted by molar-refractivity contribution is 6.00. The molecular weight excluding hydrogens is 474 g/mol. The van der Waals surface area contributed by atoms with Crippen LogP contribution in [0.2, 0.25) is 0 Å². The molecule has 3 aromatic heterocycles. The second-order valence-corrected chi connectivity index (χ2v) is 8.47. The molecule has 38 heavy (non-hydrogen) atoms.